The zero-order valence-electron chi connectivity index (χ0n) is 9.27. The largest absolute Gasteiger partial charge is 0.356 e. The number of benzene rings is 1. The summed E-state index contributed by atoms with van der Waals surface area (Å²) in [5.41, 5.74) is -0.0731. The molecule has 1 aromatic rings. The van der Waals surface area contributed by atoms with Gasteiger partial charge in [-0.25, -0.2) is 8.78 Å². The Bertz CT molecular complexity index is 423. The van der Waals surface area contributed by atoms with Crippen LogP contribution in [-0.2, 0) is 4.79 Å². The van der Waals surface area contributed by atoms with Gasteiger partial charge >= 0.3 is 0 Å². The summed E-state index contributed by atoms with van der Waals surface area (Å²) in [7, 11) is 0. The van der Waals surface area contributed by atoms with Gasteiger partial charge in [0.1, 0.15) is 11.6 Å². The Hall–Kier alpha value is -1.23. The van der Waals surface area contributed by atoms with Crippen LogP contribution in [0.3, 0.4) is 0 Å². The van der Waals surface area contributed by atoms with Crippen molar-refractivity contribution in [2.24, 2.45) is 0 Å². The van der Waals surface area contributed by atoms with Crippen LogP contribution in [0.5, 0.6) is 0 Å². The summed E-state index contributed by atoms with van der Waals surface area (Å²) in [5, 5.41) is 2.58. The first-order valence-corrected chi connectivity index (χ1v) is 5.85. The lowest BCUT2D eigenvalue weighted by atomic mass is 10.1. The smallest absolute Gasteiger partial charge is 0.216 e. The molecule has 1 rings (SSSR count). The van der Waals surface area contributed by atoms with Crippen LogP contribution >= 0.6 is 15.9 Å². The van der Waals surface area contributed by atoms with Crippen molar-refractivity contribution in [2.75, 3.05) is 6.54 Å². The Balaban J connectivity index is 2.62. The van der Waals surface area contributed by atoms with Crippen molar-refractivity contribution in [1.29, 1.82) is 0 Å². The molecule has 0 bridgehead atoms. The second-order valence-electron chi connectivity index (χ2n) is 3.46. The Morgan fingerprint density at radius 3 is 2.53 bits per heavy atom. The molecule has 0 atom stereocenters. The molecule has 0 aliphatic heterocycles. The molecule has 0 unspecified atom stereocenters. The Morgan fingerprint density at radius 2 is 2.00 bits per heavy atom. The molecule has 2 nitrogen and oxygen atoms in total. The van der Waals surface area contributed by atoms with E-state index < -0.39 is 11.6 Å². The molecule has 0 aliphatic carbocycles. The summed E-state index contributed by atoms with van der Waals surface area (Å²) < 4.78 is 27.1. The van der Waals surface area contributed by atoms with Crippen molar-refractivity contribution < 1.29 is 13.6 Å². The summed E-state index contributed by atoms with van der Waals surface area (Å²) >= 11 is 3.00. The summed E-state index contributed by atoms with van der Waals surface area (Å²) in [6.07, 6.45) is 3.51. The molecule has 0 aliphatic rings. The summed E-state index contributed by atoms with van der Waals surface area (Å²) in [4.78, 5) is 10.6. The summed E-state index contributed by atoms with van der Waals surface area (Å²) in [6, 6.07) is 2.41. The maximum absolute atomic E-state index is 13.4. The number of carbonyl (C=O) groups is 1. The minimum Gasteiger partial charge on any atom is -0.356 e. The zero-order chi connectivity index (χ0) is 12.8. The molecule has 1 N–H and O–H groups in total. The lowest BCUT2D eigenvalue weighted by Gasteiger charge is -2.01. The van der Waals surface area contributed by atoms with E-state index in [4.69, 9.17) is 0 Å². The van der Waals surface area contributed by atoms with E-state index in [-0.39, 0.29) is 11.5 Å². The van der Waals surface area contributed by atoms with E-state index in [1.54, 1.807) is 6.08 Å². The standard InChI is InChI=1S/C12H12BrF2NO/c1-8(17)16-5-3-2-4-10-11(14)6-9(13)7-12(10)15/h2,4,6-7H,3,5H2,1H3,(H,16,17). The van der Waals surface area contributed by atoms with Gasteiger partial charge in [-0.15, -0.1) is 0 Å². The lowest BCUT2D eigenvalue weighted by molar-refractivity contribution is -0.118. The van der Waals surface area contributed by atoms with Crippen LogP contribution in [0.2, 0.25) is 0 Å². The zero-order valence-corrected chi connectivity index (χ0v) is 10.9. The molecular weight excluding hydrogens is 292 g/mol. The first-order valence-electron chi connectivity index (χ1n) is 5.06. The van der Waals surface area contributed by atoms with Crippen LogP contribution in [0.1, 0.15) is 18.9 Å². The molecule has 0 radical (unpaired) electrons. The highest BCUT2D eigenvalue weighted by Crippen LogP contribution is 2.20. The van der Waals surface area contributed by atoms with Gasteiger partial charge in [-0.05, 0) is 18.6 Å². The molecule has 92 valence electrons. The van der Waals surface area contributed by atoms with Gasteiger partial charge in [0.25, 0.3) is 0 Å². The molecule has 5 heteroatoms. The fraction of sp³-hybridized carbons (Fsp3) is 0.250. The number of carbonyl (C=O) groups excluding carboxylic acids is 1. The Morgan fingerprint density at radius 1 is 1.41 bits per heavy atom. The van der Waals surface area contributed by atoms with Gasteiger partial charge in [0, 0.05) is 23.5 Å². The number of amides is 1. The van der Waals surface area contributed by atoms with Gasteiger partial charge in [0.05, 0.1) is 0 Å². The fourth-order valence-corrected chi connectivity index (χ4v) is 1.65. The van der Waals surface area contributed by atoms with Crippen LogP contribution in [0.15, 0.2) is 22.7 Å². The second kappa shape index (κ2) is 6.49. The quantitative estimate of drug-likeness (QED) is 0.850. The molecule has 0 spiro atoms. The Labute approximate surface area is 107 Å². The van der Waals surface area contributed by atoms with E-state index in [0.29, 0.717) is 17.4 Å². The number of hydrogen-bond acceptors (Lipinski definition) is 1. The predicted molar refractivity (Wildman–Crippen MR) is 66.4 cm³/mol. The molecule has 1 amide bonds. The van der Waals surface area contributed by atoms with Crippen LogP contribution in [0.4, 0.5) is 8.78 Å². The van der Waals surface area contributed by atoms with Crippen LogP contribution in [0, 0.1) is 11.6 Å². The van der Waals surface area contributed by atoms with E-state index in [1.165, 1.54) is 25.1 Å². The SMILES string of the molecule is CC(=O)NCCC=Cc1c(F)cc(Br)cc1F. The molecule has 0 saturated carbocycles. The predicted octanol–water partition coefficient (Wildman–Crippen LogP) is 3.27. The third-order valence-electron chi connectivity index (χ3n) is 2.01. The molecule has 0 saturated heterocycles. The van der Waals surface area contributed by atoms with Crippen molar-refractivity contribution in [2.45, 2.75) is 13.3 Å². The average Bonchev–Trinajstić information content (AvgIpc) is 2.20. The van der Waals surface area contributed by atoms with E-state index in [0.717, 1.165) is 0 Å². The summed E-state index contributed by atoms with van der Waals surface area (Å²) in [5.74, 6) is -1.36. The average molecular weight is 304 g/mol. The third-order valence-corrected chi connectivity index (χ3v) is 2.47. The molecule has 1 aromatic carbocycles. The first kappa shape index (κ1) is 13.8. The summed E-state index contributed by atoms with van der Waals surface area (Å²) in [6.45, 7) is 1.86. The van der Waals surface area contributed by atoms with E-state index in [2.05, 4.69) is 21.2 Å². The van der Waals surface area contributed by atoms with Crippen molar-refractivity contribution in [3.8, 4) is 0 Å². The van der Waals surface area contributed by atoms with Gasteiger partial charge < -0.3 is 5.32 Å². The number of halogens is 3. The highest BCUT2D eigenvalue weighted by molar-refractivity contribution is 9.10. The second-order valence-corrected chi connectivity index (χ2v) is 4.37. The lowest BCUT2D eigenvalue weighted by Crippen LogP contribution is -2.20. The van der Waals surface area contributed by atoms with Crippen LogP contribution in [0.25, 0.3) is 6.08 Å². The monoisotopic (exact) mass is 303 g/mol. The van der Waals surface area contributed by atoms with Gasteiger partial charge in [-0.1, -0.05) is 28.1 Å². The van der Waals surface area contributed by atoms with Gasteiger partial charge in [0.2, 0.25) is 5.91 Å². The van der Waals surface area contributed by atoms with E-state index in [1.807, 2.05) is 0 Å². The van der Waals surface area contributed by atoms with Crippen molar-refractivity contribution >= 4 is 27.9 Å². The molecule has 17 heavy (non-hydrogen) atoms. The van der Waals surface area contributed by atoms with Gasteiger partial charge in [-0.2, -0.15) is 0 Å². The third kappa shape index (κ3) is 4.65. The Kier molecular flexibility index (Phi) is 5.28. The van der Waals surface area contributed by atoms with Gasteiger partial charge in [0.15, 0.2) is 0 Å². The van der Waals surface area contributed by atoms with Crippen molar-refractivity contribution in [3.05, 3.63) is 39.9 Å². The maximum atomic E-state index is 13.4. The topological polar surface area (TPSA) is 29.1 Å². The number of nitrogens with one attached hydrogen (secondary N) is 1. The van der Waals surface area contributed by atoms with Crippen molar-refractivity contribution in [1.82, 2.24) is 5.32 Å². The van der Waals surface area contributed by atoms with Crippen LogP contribution < -0.4 is 5.32 Å². The number of rotatable bonds is 4. The highest BCUT2D eigenvalue weighted by Gasteiger charge is 2.06. The minimum absolute atomic E-state index is 0.0731. The van der Waals surface area contributed by atoms with E-state index >= 15 is 0 Å². The molecular formula is C12H12BrF2NO. The highest BCUT2D eigenvalue weighted by atomic mass is 79.9. The maximum Gasteiger partial charge on any atom is 0.216 e. The normalized spacial score (nSPS) is 10.8. The molecule has 0 fully saturated rings. The molecule has 0 aromatic heterocycles. The van der Waals surface area contributed by atoms with Gasteiger partial charge in [-0.3, -0.25) is 4.79 Å². The number of hydrogen-bond donors (Lipinski definition) is 1. The fourth-order valence-electron chi connectivity index (χ4n) is 1.25. The van der Waals surface area contributed by atoms with E-state index in [9.17, 15) is 13.6 Å². The van der Waals surface area contributed by atoms with Crippen LogP contribution in [-0.4, -0.2) is 12.5 Å². The minimum atomic E-state index is -0.618. The van der Waals surface area contributed by atoms with Crippen molar-refractivity contribution in [3.63, 3.8) is 0 Å². The molecule has 0 heterocycles. The first-order chi connectivity index (χ1) is 8.00.